The molecule has 0 fully saturated rings. The number of hydrogen-bond acceptors (Lipinski definition) is 3. The van der Waals surface area contributed by atoms with Crippen molar-refractivity contribution in [3.8, 4) is 5.75 Å². The molecule has 0 amide bonds. The largest absolute Gasteiger partial charge is 0.494 e. The average molecular weight is 336 g/mol. The number of carbonyl (C=O) groups is 2. The van der Waals surface area contributed by atoms with Crippen molar-refractivity contribution in [3.63, 3.8) is 0 Å². The van der Waals surface area contributed by atoms with Gasteiger partial charge in [0, 0.05) is 0 Å². The van der Waals surface area contributed by atoms with E-state index in [0.29, 0.717) is 23.5 Å². The van der Waals surface area contributed by atoms with Crippen LogP contribution in [0.3, 0.4) is 0 Å². The van der Waals surface area contributed by atoms with Crippen LogP contribution in [0, 0.1) is 0 Å². The second-order valence-corrected chi connectivity index (χ2v) is 6.04. The lowest BCUT2D eigenvalue weighted by Gasteiger charge is -2.11. The Morgan fingerprint density at radius 2 is 1.46 bits per heavy atom. The summed E-state index contributed by atoms with van der Waals surface area (Å²) >= 11 is 0. The molecule has 0 heterocycles. The molecule has 0 spiro atoms. The molecule has 1 rings (SSSR count). The number of benzene rings is 1. The zero-order valence-electron chi connectivity index (χ0n) is 14.4. The van der Waals surface area contributed by atoms with Gasteiger partial charge in [-0.2, -0.15) is 0 Å². The van der Waals surface area contributed by atoms with Crippen molar-refractivity contribution in [2.45, 2.75) is 64.7 Å². The van der Waals surface area contributed by atoms with Crippen LogP contribution in [-0.4, -0.2) is 28.8 Å². The van der Waals surface area contributed by atoms with E-state index in [9.17, 15) is 9.59 Å². The summed E-state index contributed by atoms with van der Waals surface area (Å²) in [5.74, 6) is -1.35. The standard InChI is InChI=1S/C19H28O5/c1-2-3-4-5-6-7-8-11-24-17-10-9-15(13-18(20)21)16(12-17)14-19(22)23/h9-10,12H,2-8,11,13-14H2,1H3,(H,20,21)(H,22,23). The molecule has 0 bridgehead atoms. The first-order chi connectivity index (χ1) is 11.5. The molecular weight excluding hydrogens is 308 g/mol. The first-order valence-corrected chi connectivity index (χ1v) is 8.71. The van der Waals surface area contributed by atoms with Crippen LogP contribution in [0.5, 0.6) is 5.75 Å². The number of ether oxygens (including phenoxy) is 1. The van der Waals surface area contributed by atoms with Crippen molar-refractivity contribution < 1.29 is 24.5 Å². The van der Waals surface area contributed by atoms with Gasteiger partial charge in [0.1, 0.15) is 5.75 Å². The van der Waals surface area contributed by atoms with Gasteiger partial charge in [-0.15, -0.1) is 0 Å². The van der Waals surface area contributed by atoms with Crippen LogP contribution in [0.1, 0.15) is 63.0 Å². The van der Waals surface area contributed by atoms with Crippen molar-refractivity contribution in [3.05, 3.63) is 29.3 Å². The molecule has 2 N–H and O–H groups in total. The monoisotopic (exact) mass is 336 g/mol. The zero-order chi connectivity index (χ0) is 17.8. The highest BCUT2D eigenvalue weighted by Crippen LogP contribution is 2.20. The Morgan fingerprint density at radius 3 is 2.08 bits per heavy atom. The SMILES string of the molecule is CCCCCCCCCOc1ccc(CC(=O)O)c(CC(=O)O)c1. The minimum Gasteiger partial charge on any atom is -0.494 e. The molecule has 0 aromatic heterocycles. The van der Waals surface area contributed by atoms with Crippen molar-refractivity contribution in [1.29, 1.82) is 0 Å². The summed E-state index contributed by atoms with van der Waals surface area (Å²) in [6, 6.07) is 5.00. The fourth-order valence-corrected chi connectivity index (χ4v) is 2.60. The summed E-state index contributed by atoms with van der Waals surface area (Å²) < 4.78 is 5.68. The third-order valence-corrected chi connectivity index (χ3v) is 3.88. The molecule has 0 aliphatic heterocycles. The second-order valence-electron chi connectivity index (χ2n) is 6.04. The maximum Gasteiger partial charge on any atom is 0.307 e. The Labute approximate surface area is 143 Å². The van der Waals surface area contributed by atoms with E-state index in [1.54, 1.807) is 18.2 Å². The Hall–Kier alpha value is -2.04. The fourth-order valence-electron chi connectivity index (χ4n) is 2.60. The minimum atomic E-state index is -0.981. The van der Waals surface area contributed by atoms with E-state index in [-0.39, 0.29) is 12.8 Å². The molecule has 0 saturated carbocycles. The van der Waals surface area contributed by atoms with Crippen LogP contribution in [0.2, 0.25) is 0 Å². The van der Waals surface area contributed by atoms with Crippen LogP contribution in [0.15, 0.2) is 18.2 Å². The van der Waals surface area contributed by atoms with Gasteiger partial charge in [0.15, 0.2) is 0 Å². The summed E-state index contributed by atoms with van der Waals surface area (Å²) in [7, 11) is 0. The predicted molar refractivity (Wildman–Crippen MR) is 92.6 cm³/mol. The Kier molecular flexibility index (Phi) is 9.58. The first-order valence-electron chi connectivity index (χ1n) is 8.71. The topological polar surface area (TPSA) is 83.8 Å². The highest BCUT2D eigenvalue weighted by molar-refractivity contribution is 5.74. The fraction of sp³-hybridized carbons (Fsp3) is 0.579. The lowest BCUT2D eigenvalue weighted by molar-refractivity contribution is -0.137. The quantitative estimate of drug-likeness (QED) is 0.530. The molecule has 1 aromatic carbocycles. The van der Waals surface area contributed by atoms with E-state index in [0.717, 1.165) is 12.8 Å². The summed E-state index contributed by atoms with van der Waals surface area (Å²) in [6.45, 7) is 2.80. The van der Waals surface area contributed by atoms with E-state index < -0.39 is 11.9 Å². The van der Waals surface area contributed by atoms with Crippen molar-refractivity contribution in [1.82, 2.24) is 0 Å². The van der Waals surface area contributed by atoms with Gasteiger partial charge in [0.05, 0.1) is 19.4 Å². The van der Waals surface area contributed by atoms with E-state index in [1.165, 1.54) is 32.1 Å². The van der Waals surface area contributed by atoms with Crippen LogP contribution >= 0.6 is 0 Å². The van der Waals surface area contributed by atoms with E-state index in [4.69, 9.17) is 14.9 Å². The lowest BCUT2D eigenvalue weighted by Crippen LogP contribution is -2.08. The van der Waals surface area contributed by atoms with Gasteiger partial charge in [-0.3, -0.25) is 9.59 Å². The van der Waals surface area contributed by atoms with E-state index in [2.05, 4.69) is 6.92 Å². The number of hydrogen-bond donors (Lipinski definition) is 2. The number of carboxylic acid groups (broad SMARTS) is 2. The molecule has 5 nitrogen and oxygen atoms in total. The highest BCUT2D eigenvalue weighted by atomic mass is 16.5. The summed E-state index contributed by atoms with van der Waals surface area (Å²) in [5, 5.41) is 17.9. The van der Waals surface area contributed by atoms with Crippen molar-refractivity contribution in [2.24, 2.45) is 0 Å². The molecular formula is C19H28O5. The van der Waals surface area contributed by atoms with Gasteiger partial charge in [-0.1, -0.05) is 51.5 Å². The molecule has 0 aliphatic carbocycles. The first kappa shape index (κ1) is 20.0. The molecule has 0 atom stereocenters. The molecule has 24 heavy (non-hydrogen) atoms. The van der Waals surface area contributed by atoms with E-state index in [1.807, 2.05) is 0 Å². The Morgan fingerprint density at radius 1 is 0.875 bits per heavy atom. The molecule has 0 unspecified atom stereocenters. The maximum atomic E-state index is 10.9. The number of carboxylic acids is 2. The van der Waals surface area contributed by atoms with Crippen molar-refractivity contribution >= 4 is 11.9 Å². The van der Waals surface area contributed by atoms with Gasteiger partial charge in [0.2, 0.25) is 0 Å². The lowest BCUT2D eigenvalue weighted by atomic mass is 10.0. The van der Waals surface area contributed by atoms with Crippen LogP contribution in [0.4, 0.5) is 0 Å². The van der Waals surface area contributed by atoms with Gasteiger partial charge in [-0.05, 0) is 29.7 Å². The molecule has 0 aliphatic rings. The third-order valence-electron chi connectivity index (χ3n) is 3.88. The van der Waals surface area contributed by atoms with Crippen LogP contribution in [0.25, 0.3) is 0 Å². The molecule has 134 valence electrons. The minimum absolute atomic E-state index is 0.180. The predicted octanol–water partition coefficient (Wildman–Crippen LogP) is 4.07. The van der Waals surface area contributed by atoms with Gasteiger partial charge < -0.3 is 14.9 Å². The summed E-state index contributed by atoms with van der Waals surface area (Å²) in [4.78, 5) is 21.8. The normalized spacial score (nSPS) is 10.5. The van der Waals surface area contributed by atoms with Crippen molar-refractivity contribution in [2.75, 3.05) is 6.61 Å². The summed E-state index contributed by atoms with van der Waals surface area (Å²) in [5.41, 5.74) is 1.02. The number of unbranched alkanes of at least 4 members (excludes halogenated alkanes) is 6. The number of rotatable bonds is 13. The third kappa shape index (κ3) is 8.56. The number of aliphatic carboxylic acids is 2. The Balaban J connectivity index is 2.44. The van der Waals surface area contributed by atoms with Gasteiger partial charge in [-0.25, -0.2) is 0 Å². The van der Waals surface area contributed by atoms with E-state index >= 15 is 0 Å². The molecule has 0 saturated heterocycles. The highest BCUT2D eigenvalue weighted by Gasteiger charge is 2.11. The molecule has 1 aromatic rings. The average Bonchev–Trinajstić information content (AvgIpc) is 2.51. The zero-order valence-corrected chi connectivity index (χ0v) is 14.4. The summed E-state index contributed by atoms with van der Waals surface area (Å²) in [6.07, 6.45) is 8.04. The second kappa shape index (κ2) is 11.5. The maximum absolute atomic E-state index is 10.9. The molecule has 5 heteroatoms. The van der Waals surface area contributed by atoms with Gasteiger partial charge >= 0.3 is 11.9 Å². The van der Waals surface area contributed by atoms with Gasteiger partial charge in [0.25, 0.3) is 0 Å². The van der Waals surface area contributed by atoms with Crippen LogP contribution in [-0.2, 0) is 22.4 Å². The van der Waals surface area contributed by atoms with Crippen LogP contribution < -0.4 is 4.74 Å². The Bertz CT molecular complexity index is 524. The smallest absolute Gasteiger partial charge is 0.307 e. The molecule has 0 radical (unpaired) electrons.